The van der Waals surface area contributed by atoms with E-state index in [4.69, 9.17) is 16.3 Å². The largest absolute Gasteiger partial charge is 0.373 e. The van der Waals surface area contributed by atoms with Gasteiger partial charge in [-0.05, 0) is 25.2 Å². The van der Waals surface area contributed by atoms with E-state index in [-0.39, 0.29) is 6.10 Å². The Morgan fingerprint density at radius 3 is 3.19 bits per heavy atom. The van der Waals surface area contributed by atoms with E-state index in [1.165, 1.54) is 5.69 Å². The van der Waals surface area contributed by atoms with Crippen molar-refractivity contribution in [3.05, 3.63) is 29.3 Å². The van der Waals surface area contributed by atoms with Crippen LogP contribution >= 0.6 is 11.6 Å². The highest BCUT2D eigenvalue weighted by Gasteiger charge is 2.19. The Kier molecular flexibility index (Phi) is 4.04. The molecule has 0 amide bonds. The van der Waals surface area contributed by atoms with Crippen molar-refractivity contribution in [2.75, 3.05) is 38.2 Å². The van der Waals surface area contributed by atoms with Gasteiger partial charge in [-0.2, -0.15) is 0 Å². The molecule has 1 saturated heterocycles. The topological polar surface area (TPSA) is 24.5 Å². The number of nitrogens with one attached hydrogen (secondary N) is 1. The first kappa shape index (κ1) is 11.7. The monoisotopic (exact) mass is 240 g/mol. The minimum Gasteiger partial charge on any atom is -0.373 e. The molecule has 4 heteroatoms. The van der Waals surface area contributed by atoms with E-state index in [1.54, 1.807) is 0 Å². The molecule has 3 nitrogen and oxygen atoms in total. The number of hydrogen-bond acceptors (Lipinski definition) is 3. The molecule has 0 radical (unpaired) electrons. The van der Waals surface area contributed by atoms with Crippen molar-refractivity contribution >= 4 is 17.3 Å². The van der Waals surface area contributed by atoms with Crippen LogP contribution in [-0.4, -0.2) is 39.4 Å². The maximum atomic E-state index is 5.99. The van der Waals surface area contributed by atoms with Crippen molar-refractivity contribution in [1.29, 1.82) is 0 Å². The number of ether oxygens (including phenoxy) is 1. The molecule has 1 aromatic rings. The predicted octanol–water partition coefficient (Wildman–Crippen LogP) is 1.76. The smallest absolute Gasteiger partial charge is 0.0874 e. The minimum absolute atomic E-state index is 0.262. The van der Waals surface area contributed by atoms with E-state index in [0.717, 1.165) is 31.3 Å². The first-order valence-corrected chi connectivity index (χ1v) is 5.94. The van der Waals surface area contributed by atoms with Crippen LogP contribution in [0.1, 0.15) is 0 Å². The molecule has 88 valence electrons. The molecular weight excluding hydrogens is 224 g/mol. The lowest BCUT2D eigenvalue weighted by Crippen LogP contribution is -2.46. The highest BCUT2D eigenvalue weighted by atomic mass is 35.5. The van der Waals surface area contributed by atoms with Crippen molar-refractivity contribution in [1.82, 2.24) is 5.32 Å². The maximum Gasteiger partial charge on any atom is 0.0874 e. The molecule has 1 aromatic carbocycles. The Hall–Kier alpha value is -0.770. The SMILES string of the molecule is CNCC1CN(c2cccc(Cl)c2)CCO1. The van der Waals surface area contributed by atoms with Crippen LogP contribution in [0, 0.1) is 0 Å². The molecule has 16 heavy (non-hydrogen) atoms. The van der Waals surface area contributed by atoms with Crippen molar-refractivity contribution in [2.45, 2.75) is 6.10 Å². The van der Waals surface area contributed by atoms with Crippen LogP contribution in [0.15, 0.2) is 24.3 Å². The van der Waals surface area contributed by atoms with Gasteiger partial charge in [0, 0.05) is 30.3 Å². The lowest BCUT2D eigenvalue weighted by Gasteiger charge is -2.34. The Morgan fingerprint density at radius 2 is 2.44 bits per heavy atom. The standard InChI is InChI=1S/C12H17ClN2O/c1-14-8-12-9-15(5-6-16-12)11-4-2-3-10(13)7-11/h2-4,7,12,14H,5-6,8-9H2,1H3. The number of morpholine rings is 1. The zero-order valence-electron chi connectivity index (χ0n) is 9.45. The molecule has 1 heterocycles. The highest BCUT2D eigenvalue weighted by Crippen LogP contribution is 2.21. The molecule has 0 bridgehead atoms. The molecule has 1 unspecified atom stereocenters. The van der Waals surface area contributed by atoms with Crippen LogP contribution in [-0.2, 0) is 4.74 Å². The van der Waals surface area contributed by atoms with Crippen LogP contribution in [0.2, 0.25) is 5.02 Å². The molecule has 1 fully saturated rings. The summed E-state index contributed by atoms with van der Waals surface area (Å²) >= 11 is 5.99. The summed E-state index contributed by atoms with van der Waals surface area (Å²) in [6.45, 7) is 3.51. The van der Waals surface area contributed by atoms with Crippen molar-refractivity contribution in [2.24, 2.45) is 0 Å². The third-order valence-corrected chi connectivity index (χ3v) is 2.98. The molecule has 1 N–H and O–H groups in total. The van der Waals surface area contributed by atoms with E-state index in [9.17, 15) is 0 Å². The minimum atomic E-state index is 0.262. The molecular formula is C12H17ClN2O. The van der Waals surface area contributed by atoms with Gasteiger partial charge < -0.3 is 15.0 Å². The van der Waals surface area contributed by atoms with Gasteiger partial charge in [0.1, 0.15) is 0 Å². The van der Waals surface area contributed by atoms with Crippen molar-refractivity contribution < 1.29 is 4.74 Å². The number of anilines is 1. The fourth-order valence-corrected chi connectivity index (χ4v) is 2.16. The summed E-state index contributed by atoms with van der Waals surface area (Å²) in [6, 6.07) is 7.98. The molecule has 1 aliphatic rings. The summed E-state index contributed by atoms with van der Waals surface area (Å²) in [5, 5.41) is 3.93. The van der Waals surface area contributed by atoms with Gasteiger partial charge in [-0.3, -0.25) is 0 Å². The number of hydrogen-bond donors (Lipinski definition) is 1. The second kappa shape index (κ2) is 5.53. The van der Waals surface area contributed by atoms with Gasteiger partial charge in [0.2, 0.25) is 0 Å². The Balaban J connectivity index is 2.03. The Bertz CT molecular complexity index is 344. The summed E-state index contributed by atoms with van der Waals surface area (Å²) < 4.78 is 5.66. The van der Waals surface area contributed by atoms with Crippen molar-refractivity contribution in [3.8, 4) is 0 Å². The number of rotatable bonds is 3. The summed E-state index contributed by atoms with van der Waals surface area (Å²) in [7, 11) is 1.95. The third-order valence-electron chi connectivity index (χ3n) is 2.74. The van der Waals surface area contributed by atoms with Gasteiger partial charge in [-0.25, -0.2) is 0 Å². The number of likely N-dealkylation sites (N-methyl/N-ethyl adjacent to an activating group) is 1. The van der Waals surface area contributed by atoms with E-state index in [1.807, 2.05) is 25.2 Å². The second-order valence-electron chi connectivity index (χ2n) is 3.98. The molecule has 2 rings (SSSR count). The molecule has 0 saturated carbocycles. The van der Waals surface area contributed by atoms with E-state index >= 15 is 0 Å². The van der Waals surface area contributed by atoms with Gasteiger partial charge in [0.25, 0.3) is 0 Å². The molecule has 1 atom stereocenters. The molecule has 0 aromatic heterocycles. The van der Waals surface area contributed by atoms with E-state index in [2.05, 4.69) is 16.3 Å². The maximum absolute atomic E-state index is 5.99. The lowest BCUT2D eigenvalue weighted by molar-refractivity contribution is 0.0422. The third kappa shape index (κ3) is 2.88. The van der Waals surface area contributed by atoms with Crippen LogP contribution < -0.4 is 10.2 Å². The predicted molar refractivity (Wildman–Crippen MR) is 67.3 cm³/mol. The Morgan fingerprint density at radius 1 is 1.56 bits per heavy atom. The normalized spacial score (nSPS) is 21.1. The summed E-state index contributed by atoms with van der Waals surface area (Å²) in [5.41, 5.74) is 1.18. The number of halogens is 1. The molecule has 0 aliphatic carbocycles. The number of nitrogens with zero attached hydrogens (tertiary/aromatic N) is 1. The summed E-state index contributed by atoms with van der Waals surface area (Å²) in [5.74, 6) is 0. The first-order valence-electron chi connectivity index (χ1n) is 5.56. The van der Waals surface area contributed by atoms with Gasteiger partial charge in [-0.15, -0.1) is 0 Å². The van der Waals surface area contributed by atoms with Crippen LogP contribution in [0.3, 0.4) is 0 Å². The molecule has 0 spiro atoms. The first-order chi connectivity index (χ1) is 7.79. The zero-order valence-corrected chi connectivity index (χ0v) is 10.2. The van der Waals surface area contributed by atoms with Gasteiger partial charge in [0.15, 0.2) is 0 Å². The summed E-state index contributed by atoms with van der Waals surface area (Å²) in [4.78, 5) is 2.32. The quantitative estimate of drug-likeness (QED) is 0.872. The van der Waals surface area contributed by atoms with Crippen LogP contribution in [0.4, 0.5) is 5.69 Å². The average Bonchev–Trinajstić information content (AvgIpc) is 2.30. The van der Waals surface area contributed by atoms with Gasteiger partial charge in [-0.1, -0.05) is 17.7 Å². The average molecular weight is 241 g/mol. The fourth-order valence-electron chi connectivity index (χ4n) is 1.98. The van der Waals surface area contributed by atoms with Crippen molar-refractivity contribution in [3.63, 3.8) is 0 Å². The highest BCUT2D eigenvalue weighted by molar-refractivity contribution is 6.30. The Labute approximate surface area is 101 Å². The zero-order chi connectivity index (χ0) is 11.4. The number of benzene rings is 1. The van der Waals surface area contributed by atoms with Gasteiger partial charge >= 0.3 is 0 Å². The van der Waals surface area contributed by atoms with Gasteiger partial charge in [0.05, 0.1) is 12.7 Å². The fraction of sp³-hybridized carbons (Fsp3) is 0.500. The summed E-state index contributed by atoms with van der Waals surface area (Å²) in [6.07, 6.45) is 0.262. The lowest BCUT2D eigenvalue weighted by atomic mass is 10.2. The molecule has 1 aliphatic heterocycles. The van der Waals surface area contributed by atoms with Crippen LogP contribution in [0.25, 0.3) is 0 Å². The van der Waals surface area contributed by atoms with E-state index in [0.29, 0.717) is 0 Å². The second-order valence-corrected chi connectivity index (χ2v) is 4.41. The van der Waals surface area contributed by atoms with E-state index < -0.39 is 0 Å². The van der Waals surface area contributed by atoms with Crippen LogP contribution in [0.5, 0.6) is 0 Å².